The lowest BCUT2D eigenvalue weighted by Gasteiger charge is -2.29. The van der Waals surface area contributed by atoms with Crippen LogP contribution in [0.2, 0.25) is 0 Å². The van der Waals surface area contributed by atoms with E-state index in [4.69, 9.17) is 5.26 Å². The number of rotatable bonds is 5. The first-order chi connectivity index (χ1) is 9.28. The van der Waals surface area contributed by atoms with Gasteiger partial charge in [-0.25, -0.2) is 4.98 Å². The molecule has 2 heterocycles. The van der Waals surface area contributed by atoms with Crippen LogP contribution in [0.1, 0.15) is 31.7 Å². The summed E-state index contributed by atoms with van der Waals surface area (Å²) in [4.78, 5) is 6.78. The molecule has 1 aromatic rings. The van der Waals surface area contributed by atoms with Gasteiger partial charge in [-0.05, 0) is 44.0 Å². The maximum atomic E-state index is 8.71. The Bertz CT molecular complexity index is 415. The lowest BCUT2D eigenvalue weighted by molar-refractivity contribution is 0.204. The molecule has 0 radical (unpaired) electrons. The first kappa shape index (κ1) is 13.8. The third-order valence-corrected chi connectivity index (χ3v) is 3.54. The number of nitriles is 1. The van der Waals surface area contributed by atoms with Crippen LogP contribution in [0.4, 0.5) is 5.82 Å². The highest BCUT2D eigenvalue weighted by molar-refractivity contribution is 5.38. The molecule has 0 bridgehead atoms. The summed E-state index contributed by atoms with van der Waals surface area (Å²) in [5, 5.41) is 12.1. The van der Waals surface area contributed by atoms with E-state index in [1.165, 1.54) is 32.4 Å². The van der Waals surface area contributed by atoms with Gasteiger partial charge in [0.15, 0.2) is 0 Å². The zero-order valence-corrected chi connectivity index (χ0v) is 11.6. The predicted molar refractivity (Wildman–Crippen MR) is 76.9 cm³/mol. The van der Waals surface area contributed by atoms with Gasteiger partial charge in [-0.15, -0.1) is 0 Å². The molecule has 19 heavy (non-hydrogen) atoms. The van der Waals surface area contributed by atoms with Crippen LogP contribution in [-0.4, -0.2) is 36.1 Å². The molecule has 1 unspecified atom stereocenters. The SMILES string of the molecule is CC(CNc1ccc(C#N)cn1)CN1CCCCC1. The smallest absolute Gasteiger partial charge is 0.125 e. The fraction of sp³-hybridized carbons (Fsp3) is 0.600. The number of likely N-dealkylation sites (tertiary alicyclic amines) is 1. The molecule has 102 valence electrons. The molecule has 2 rings (SSSR count). The second-order valence-electron chi connectivity index (χ2n) is 5.39. The van der Waals surface area contributed by atoms with Gasteiger partial charge in [0.2, 0.25) is 0 Å². The van der Waals surface area contributed by atoms with Crippen molar-refractivity contribution in [2.24, 2.45) is 5.92 Å². The van der Waals surface area contributed by atoms with Crippen molar-refractivity contribution in [2.75, 3.05) is 31.5 Å². The van der Waals surface area contributed by atoms with Crippen LogP contribution >= 0.6 is 0 Å². The van der Waals surface area contributed by atoms with Gasteiger partial charge < -0.3 is 10.2 Å². The van der Waals surface area contributed by atoms with Crippen LogP contribution < -0.4 is 5.32 Å². The molecule has 0 saturated carbocycles. The predicted octanol–water partition coefficient (Wildman–Crippen LogP) is 2.49. The fourth-order valence-electron chi connectivity index (χ4n) is 2.49. The van der Waals surface area contributed by atoms with E-state index in [0.717, 1.165) is 18.9 Å². The number of piperidine rings is 1. The maximum Gasteiger partial charge on any atom is 0.125 e. The van der Waals surface area contributed by atoms with Gasteiger partial charge >= 0.3 is 0 Å². The van der Waals surface area contributed by atoms with Crippen molar-refractivity contribution in [2.45, 2.75) is 26.2 Å². The van der Waals surface area contributed by atoms with Crippen LogP contribution in [0.3, 0.4) is 0 Å². The summed E-state index contributed by atoms with van der Waals surface area (Å²) in [6.45, 7) is 6.85. The molecular formula is C15H22N4. The highest BCUT2D eigenvalue weighted by Gasteiger charge is 2.13. The quantitative estimate of drug-likeness (QED) is 0.881. The van der Waals surface area contributed by atoms with E-state index >= 15 is 0 Å². The van der Waals surface area contributed by atoms with Crippen molar-refractivity contribution in [3.63, 3.8) is 0 Å². The largest absolute Gasteiger partial charge is 0.370 e. The highest BCUT2D eigenvalue weighted by atomic mass is 15.1. The van der Waals surface area contributed by atoms with Gasteiger partial charge in [0.25, 0.3) is 0 Å². The van der Waals surface area contributed by atoms with Crippen molar-refractivity contribution in [3.05, 3.63) is 23.9 Å². The summed E-state index contributed by atoms with van der Waals surface area (Å²) in [6.07, 6.45) is 5.69. The zero-order chi connectivity index (χ0) is 13.5. The second-order valence-corrected chi connectivity index (χ2v) is 5.39. The molecule has 1 aliphatic heterocycles. The standard InChI is InChI=1S/C15H22N4/c1-13(12-19-7-3-2-4-8-19)10-17-15-6-5-14(9-16)11-18-15/h5-6,11,13H,2-4,7-8,10,12H2,1H3,(H,17,18). The molecule has 0 aromatic carbocycles. The summed E-state index contributed by atoms with van der Waals surface area (Å²) in [5.74, 6) is 1.46. The van der Waals surface area contributed by atoms with E-state index in [1.54, 1.807) is 12.3 Å². The molecule has 4 heteroatoms. The first-order valence-corrected chi connectivity index (χ1v) is 7.10. The monoisotopic (exact) mass is 258 g/mol. The van der Waals surface area contributed by atoms with Gasteiger partial charge in [0.1, 0.15) is 11.9 Å². The molecule has 1 aliphatic rings. The van der Waals surface area contributed by atoms with Crippen LogP contribution in [0.5, 0.6) is 0 Å². The summed E-state index contributed by atoms with van der Waals surface area (Å²) in [7, 11) is 0. The average molecular weight is 258 g/mol. The molecule has 0 aliphatic carbocycles. The number of hydrogen-bond acceptors (Lipinski definition) is 4. The molecular weight excluding hydrogens is 236 g/mol. The Hall–Kier alpha value is -1.60. The van der Waals surface area contributed by atoms with E-state index in [1.807, 2.05) is 6.07 Å². The molecule has 0 spiro atoms. The number of nitrogens with one attached hydrogen (secondary N) is 1. The van der Waals surface area contributed by atoms with Gasteiger partial charge in [0, 0.05) is 19.3 Å². The number of hydrogen-bond donors (Lipinski definition) is 1. The molecule has 1 saturated heterocycles. The fourth-order valence-corrected chi connectivity index (χ4v) is 2.49. The van der Waals surface area contributed by atoms with Crippen molar-refractivity contribution < 1.29 is 0 Å². The Labute approximate surface area is 115 Å². The summed E-state index contributed by atoms with van der Waals surface area (Å²) >= 11 is 0. The van der Waals surface area contributed by atoms with Crippen LogP contribution in [0.15, 0.2) is 18.3 Å². The Morgan fingerprint density at radius 1 is 1.37 bits per heavy atom. The van der Waals surface area contributed by atoms with Crippen molar-refractivity contribution in [1.82, 2.24) is 9.88 Å². The molecule has 1 aromatic heterocycles. The molecule has 1 N–H and O–H groups in total. The number of aromatic nitrogens is 1. The average Bonchev–Trinajstić information content (AvgIpc) is 2.47. The van der Waals surface area contributed by atoms with Crippen molar-refractivity contribution in [3.8, 4) is 6.07 Å². The minimum atomic E-state index is 0.604. The Balaban J connectivity index is 1.73. The van der Waals surface area contributed by atoms with Gasteiger partial charge in [0.05, 0.1) is 5.56 Å². The van der Waals surface area contributed by atoms with Crippen molar-refractivity contribution in [1.29, 1.82) is 5.26 Å². The van der Waals surface area contributed by atoms with E-state index in [-0.39, 0.29) is 0 Å². The van der Waals surface area contributed by atoms with Crippen molar-refractivity contribution >= 4 is 5.82 Å². The topological polar surface area (TPSA) is 52.0 Å². The summed E-state index contributed by atoms with van der Waals surface area (Å²) in [5.41, 5.74) is 0.604. The second kappa shape index (κ2) is 7.10. The van der Waals surface area contributed by atoms with E-state index in [2.05, 4.69) is 28.2 Å². The normalized spacial score (nSPS) is 17.7. The third-order valence-electron chi connectivity index (χ3n) is 3.54. The highest BCUT2D eigenvalue weighted by Crippen LogP contribution is 2.11. The molecule has 4 nitrogen and oxygen atoms in total. The lowest BCUT2D eigenvalue weighted by atomic mass is 10.1. The number of anilines is 1. The molecule has 1 fully saturated rings. The van der Waals surface area contributed by atoms with E-state index < -0.39 is 0 Å². The van der Waals surface area contributed by atoms with Crippen LogP contribution in [0.25, 0.3) is 0 Å². The maximum absolute atomic E-state index is 8.71. The summed E-state index contributed by atoms with van der Waals surface area (Å²) < 4.78 is 0. The van der Waals surface area contributed by atoms with Gasteiger partial charge in [-0.1, -0.05) is 13.3 Å². The van der Waals surface area contributed by atoms with E-state index in [0.29, 0.717) is 11.5 Å². The van der Waals surface area contributed by atoms with Crippen LogP contribution in [-0.2, 0) is 0 Å². The summed E-state index contributed by atoms with van der Waals surface area (Å²) in [6, 6.07) is 5.74. The minimum absolute atomic E-state index is 0.604. The minimum Gasteiger partial charge on any atom is -0.370 e. The Morgan fingerprint density at radius 2 is 2.16 bits per heavy atom. The molecule has 0 amide bonds. The van der Waals surface area contributed by atoms with Gasteiger partial charge in [-0.3, -0.25) is 0 Å². The lowest BCUT2D eigenvalue weighted by Crippen LogP contribution is -2.35. The number of nitrogens with zero attached hydrogens (tertiary/aromatic N) is 3. The van der Waals surface area contributed by atoms with Crippen LogP contribution in [0, 0.1) is 17.2 Å². The Morgan fingerprint density at radius 3 is 2.79 bits per heavy atom. The zero-order valence-electron chi connectivity index (χ0n) is 11.6. The van der Waals surface area contributed by atoms with Gasteiger partial charge in [-0.2, -0.15) is 5.26 Å². The van der Waals surface area contributed by atoms with E-state index in [9.17, 15) is 0 Å². The first-order valence-electron chi connectivity index (χ1n) is 7.10. The third kappa shape index (κ3) is 4.53. The number of pyridine rings is 1. The Kier molecular flexibility index (Phi) is 5.17. The molecule has 1 atom stereocenters.